The van der Waals surface area contributed by atoms with Gasteiger partial charge in [0.05, 0.1) is 12.8 Å². The molecule has 0 spiro atoms. The number of rotatable bonds is 3. The molecule has 3 nitrogen and oxygen atoms in total. The van der Waals surface area contributed by atoms with E-state index in [0.717, 1.165) is 0 Å². The second-order valence-electron chi connectivity index (χ2n) is 1.76. The molecule has 1 amide bonds. The molecule has 0 saturated carbocycles. The van der Waals surface area contributed by atoms with Gasteiger partial charge in [0.2, 0.25) is 5.91 Å². The smallest absolute Gasteiger partial charge is 0.217 e. The summed E-state index contributed by atoms with van der Waals surface area (Å²) in [6.45, 7) is 1.96. The normalized spacial score (nSPS) is 12.8. The summed E-state index contributed by atoms with van der Waals surface area (Å²) in [5, 5.41) is 2.54. The van der Waals surface area contributed by atoms with Crippen LogP contribution in [0.1, 0.15) is 6.92 Å². The van der Waals surface area contributed by atoms with Crippen LogP contribution in [0, 0.1) is 0 Å². The molecule has 1 atom stereocenters. The van der Waals surface area contributed by atoms with E-state index in [9.17, 15) is 9.35 Å². The molecule has 0 aliphatic heterocycles. The third kappa shape index (κ3) is 7.78. The fraction of sp³-hybridized carbons (Fsp3) is 0.800. The van der Waals surface area contributed by atoms with Crippen LogP contribution in [0.5, 0.6) is 0 Å². The van der Waals surface area contributed by atoms with Gasteiger partial charge in [0, 0.05) is 6.92 Å². The number of nitrogens with one attached hydrogen (secondary N) is 1. The third-order valence-corrected chi connectivity index (χ3v) is 1.54. The Balaban J connectivity index is 3.01. The predicted molar refractivity (Wildman–Crippen MR) is 37.6 cm³/mol. The lowest BCUT2D eigenvalue weighted by atomic mass is 10.6. The molecule has 0 aromatic carbocycles. The van der Waals surface area contributed by atoms with Crippen molar-refractivity contribution in [2.24, 2.45) is 0 Å². The van der Waals surface area contributed by atoms with Crippen molar-refractivity contribution in [2.75, 3.05) is 18.6 Å². The van der Waals surface area contributed by atoms with Crippen molar-refractivity contribution in [1.29, 1.82) is 0 Å². The number of carbonyl (C=O) groups excluding carboxylic acids is 1. The van der Waals surface area contributed by atoms with Gasteiger partial charge >= 0.3 is 0 Å². The number of carbonyl (C=O) groups is 1. The minimum Gasteiger partial charge on any atom is -0.617 e. The van der Waals surface area contributed by atoms with E-state index in [4.69, 9.17) is 0 Å². The number of hydrogen-bond donors (Lipinski definition) is 1. The largest absolute Gasteiger partial charge is 0.617 e. The lowest BCUT2D eigenvalue weighted by molar-refractivity contribution is -0.118. The molecule has 0 rings (SSSR count). The Morgan fingerprint density at radius 3 is 2.67 bits per heavy atom. The second-order valence-corrected chi connectivity index (χ2v) is 3.31. The van der Waals surface area contributed by atoms with Crippen molar-refractivity contribution in [3.63, 3.8) is 0 Å². The van der Waals surface area contributed by atoms with Gasteiger partial charge in [-0.15, -0.1) is 0 Å². The number of hydrogen-bond acceptors (Lipinski definition) is 2. The highest BCUT2D eigenvalue weighted by Crippen LogP contribution is 1.78. The average molecular weight is 149 g/mol. The van der Waals surface area contributed by atoms with E-state index >= 15 is 0 Å². The molecule has 1 N–H and O–H groups in total. The minimum atomic E-state index is -0.797. The first kappa shape index (κ1) is 8.78. The molecular formula is C5H11NO2S. The average Bonchev–Trinajstić information content (AvgIpc) is 1.63. The fourth-order valence-corrected chi connectivity index (χ4v) is 0.760. The van der Waals surface area contributed by atoms with Crippen molar-refractivity contribution >= 4 is 17.1 Å². The van der Waals surface area contributed by atoms with E-state index in [1.807, 2.05) is 0 Å². The van der Waals surface area contributed by atoms with Crippen LogP contribution in [0.15, 0.2) is 0 Å². The maximum Gasteiger partial charge on any atom is 0.217 e. The highest BCUT2D eigenvalue weighted by molar-refractivity contribution is 7.90. The van der Waals surface area contributed by atoms with Crippen LogP contribution in [0.2, 0.25) is 0 Å². The Kier molecular flexibility index (Phi) is 4.53. The van der Waals surface area contributed by atoms with Crippen molar-refractivity contribution < 1.29 is 9.35 Å². The van der Waals surface area contributed by atoms with Gasteiger partial charge in [-0.05, 0) is 0 Å². The summed E-state index contributed by atoms with van der Waals surface area (Å²) in [6, 6.07) is 0. The van der Waals surface area contributed by atoms with E-state index in [1.165, 1.54) is 6.92 Å². The summed E-state index contributed by atoms with van der Waals surface area (Å²) in [5.41, 5.74) is 0. The van der Waals surface area contributed by atoms with Crippen LogP contribution >= 0.6 is 0 Å². The fourth-order valence-electron chi connectivity index (χ4n) is 0.371. The standard InChI is InChI=1S/C5H11NO2S/c1-5(7)6-3-4-9(2)8/h3-4H2,1-2H3,(H,6,7). The van der Waals surface area contributed by atoms with Gasteiger partial charge in [-0.25, -0.2) is 0 Å². The van der Waals surface area contributed by atoms with Crippen LogP contribution in [0.4, 0.5) is 0 Å². The highest BCUT2D eigenvalue weighted by atomic mass is 32.2. The monoisotopic (exact) mass is 149 g/mol. The highest BCUT2D eigenvalue weighted by Gasteiger charge is 1.95. The summed E-state index contributed by atoms with van der Waals surface area (Å²) in [5.74, 6) is 0.472. The Morgan fingerprint density at radius 2 is 2.33 bits per heavy atom. The first-order chi connectivity index (χ1) is 4.13. The molecule has 0 radical (unpaired) electrons. The van der Waals surface area contributed by atoms with Crippen LogP contribution in [-0.4, -0.2) is 29.0 Å². The zero-order valence-corrected chi connectivity index (χ0v) is 6.46. The Bertz CT molecular complexity index is 95.0. The van der Waals surface area contributed by atoms with Gasteiger partial charge in [-0.2, -0.15) is 0 Å². The summed E-state index contributed by atoms with van der Waals surface area (Å²) in [7, 11) is 0. The molecule has 4 heteroatoms. The van der Waals surface area contributed by atoms with Crippen molar-refractivity contribution in [2.45, 2.75) is 6.92 Å². The third-order valence-electron chi connectivity index (χ3n) is 0.763. The van der Waals surface area contributed by atoms with Crippen molar-refractivity contribution in [1.82, 2.24) is 5.32 Å². The van der Waals surface area contributed by atoms with E-state index in [1.54, 1.807) is 6.26 Å². The van der Waals surface area contributed by atoms with Gasteiger partial charge in [0.15, 0.2) is 0 Å². The topological polar surface area (TPSA) is 52.2 Å². The quantitative estimate of drug-likeness (QED) is 0.550. The van der Waals surface area contributed by atoms with Gasteiger partial charge in [0.25, 0.3) is 0 Å². The van der Waals surface area contributed by atoms with E-state index in [2.05, 4.69) is 5.32 Å². The summed E-state index contributed by atoms with van der Waals surface area (Å²) >= 11 is -0.797. The molecule has 9 heavy (non-hydrogen) atoms. The van der Waals surface area contributed by atoms with Gasteiger partial charge in [-0.3, -0.25) is 4.79 Å². The first-order valence-corrected chi connectivity index (χ1v) is 4.40. The van der Waals surface area contributed by atoms with Gasteiger partial charge in [0.1, 0.15) is 5.75 Å². The van der Waals surface area contributed by atoms with E-state index < -0.39 is 11.2 Å². The summed E-state index contributed by atoms with van der Waals surface area (Å²) < 4.78 is 10.4. The Labute approximate surface area is 58.0 Å². The minimum absolute atomic E-state index is 0.0690. The molecule has 1 unspecified atom stereocenters. The van der Waals surface area contributed by atoms with Crippen LogP contribution in [0.25, 0.3) is 0 Å². The van der Waals surface area contributed by atoms with Crippen LogP contribution in [-0.2, 0) is 16.0 Å². The zero-order chi connectivity index (χ0) is 7.28. The van der Waals surface area contributed by atoms with Crippen molar-refractivity contribution in [3.05, 3.63) is 0 Å². The molecule has 54 valence electrons. The van der Waals surface area contributed by atoms with E-state index in [-0.39, 0.29) is 5.91 Å². The Morgan fingerprint density at radius 1 is 1.78 bits per heavy atom. The first-order valence-electron chi connectivity index (χ1n) is 2.67. The molecule has 0 saturated heterocycles. The maximum absolute atomic E-state index is 10.4. The van der Waals surface area contributed by atoms with Gasteiger partial charge in [-0.1, -0.05) is 11.2 Å². The molecule has 0 bridgehead atoms. The molecule has 0 aromatic rings. The second kappa shape index (κ2) is 4.64. The van der Waals surface area contributed by atoms with Gasteiger partial charge < -0.3 is 9.87 Å². The zero-order valence-electron chi connectivity index (χ0n) is 5.64. The number of amides is 1. The summed E-state index contributed by atoms with van der Waals surface area (Å²) in [4.78, 5) is 10.2. The molecule has 0 aliphatic rings. The Hall–Kier alpha value is -0.220. The predicted octanol–water partition coefficient (Wildman–Crippen LogP) is -0.499. The van der Waals surface area contributed by atoms with Crippen LogP contribution in [0.3, 0.4) is 0 Å². The SMILES string of the molecule is CC(=O)NCC[S+](C)[O-]. The molecule has 0 fully saturated rings. The van der Waals surface area contributed by atoms with Crippen LogP contribution < -0.4 is 5.32 Å². The maximum atomic E-state index is 10.4. The lowest BCUT2D eigenvalue weighted by Gasteiger charge is -2.03. The van der Waals surface area contributed by atoms with E-state index in [0.29, 0.717) is 12.3 Å². The van der Waals surface area contributed by atoms with Crippen molar-refractivity contribution in [3.8, 4) is 0 Å². The lowest BCUT2D eigenvalue weighted by Crippen LogP contribution is -2.26. The molecular weight excluding hydrogens is 138 g/mol. The molecule has 0 heterocycles. The summed E-state index contributed by atoms with van der Waals surface area (Å²) in [6.07, 6.45) is 1.61. The molecule has 0 aliphatic carbocycles. The molecule has 0 aromatic heterocycles.